The van der Waals surface area contributed by atoms with Gasteiger partial charge in [-0.3, -0.25) is 4.79 Å². The minimum Gasteiger partial charge on any atom is -0.468 e. The van der Waals surface area contributed by atoms with Gasteiger partial charge in [0.2, 0.25) is 10.0 Å². The molecular formula is C19H19N3O4S. The van der Waals surface area contributed by atoms with Gasteiger partial charge in [-0.25, -0.2) is 18.1 Å². The third-order valence-corrected chi connectivity index (χ3v) is 5.33. The Bertz CT molecular complexity index is 1040. The van der Waals surface area contributed by atoms with Crippen LogP contribution in [0.5, 0.6) is 0 Å². The van der Waals surface area contributed by atoms with Crippen molar-refractivity contribution in [2.24, 2.45) is 0 Å². The highest BCUT2D eigenvalue weighted by atomic mass is 32.2. The maximum atomic E-state index is 12.6. The molecule has 0 atom stereocenters. The topological polar surface area (TPSA) is 101 Å². The third kappa shape index (κ3) is 4.60. The van der Waals surface area contributed by atoms with Crippen molar-refractivity contribution in [2.75, 3.05) is 5.32 Å². The Morgan fingerprint density at radius 3 is 2.63 bits per heavy atom. The van der Waals surface area contributed by atoms with Crippen molar-refractivity contribution < 1.29 is 17.6 Å². The second-order valence-corrected chi connectivity index (χ2v) is 7.82. The van der Waals surface area contributed by atoms with Crippen molar-refractivity contribution >= 4 is 21.7 Å². The Hall–Kier alpha value is -2.97. The number of benzene rings is 1. The van der Waals surface area contributed by atoms with Crippen LogP contribution in [0, 0.1) is 13.8 Å². The lowest BCUT2D eigenvalue weighted by molar-refractivity contribution is 0.102. The molecule has 0 fully saturated rings. The first-order valence-corrected chi connectivity index (χ1v) is 9.70. The largest absolute Gasteiger partial charge is 0.468 e. The average molecular weight is 385 g/mol. The molecule has 0 radical (unpaired) electrons. The van der Waals surface area contributed by atoms with Crippen LogP contribution in [0.15, 0.2) is 64.2 Å². The van der Waals surface area contributed by atoms with Gasteiger partial charge < -0.3 is 9.73 Å². The molecule has 140 valence electrons. The van der Waals surface area contributed by atoms with Crippen LogP contribution in [-0.2, 0) is 16.6 Å². The molecule has 0 aliphatic carbocycles. The Morgan fingerprint density at radius 1 is 1.15 bits per heavy atom. The number of carbonyl (C=O) groups excluding carboxylic acids is 1. The molecule has 8 heteroatoms. The smallest absolute Gasteiger partial charge is 0.257 e. The quantitative estimate of drug-likeness (QED) is 0.679. The molecule has 1 amide bonds. The van der Waals surface area contributed by atoms with E-state index >= 15 is 0 Å². The minimum absolute atomic E-state index is 0.00155. The summed E-state index contributed by atoms with van der Waals surface area (Å²) in [6.07, 6.45) is 3.11. The van der Waals surface area contributed by atoms with E-state index in [2.05, 4.69) is 15.0 Å². The maximum Gasteiger partial charge on any atom is 0.257 e. The molecule has 3 aromatic rings. The van der Waals surface area contributed by atoms with Gasteiger partial charge in [-0.2, -0.15) is 0 Å². The first kappa shape index (κ1) is 18.8. The van der Waals surface area contributed by atoms with Crippen LogP contribution in [0.25, 0.3) is 0 Å². The summed E-state index contributed by atoms with van der Waals surface area (Å²) in [5.41, 5.74) is 1.89. The number of anilines is 1. The second-order valence-electron chi connectivity index (χ2n) is 6.06. The number of aromatic nitrogens is 1. The van der Waals surface area contributed by atoms with Gasteiger partial charge in [0, 0.05) is 11.8 Å². The summed E-state index contributed by atoms with van der Waals surface area (Å²) in [6.45, 7) is 3.66. The molecule has 0 unspecified atom stereocenters. The summed E-state index contributed by atoms with van der Waals surface area (Å²) < 4.78 is 32.6. The lowest BCUT2D eigenvalue weighted by atomic mass is 10.1. The fourth-order valence-corrected chi connectivity index (χ4v) is 3.42. The lowest BCUT2D eigenvalue weighted by Crippen LogP contribution is -2.24. The fourth-order valence-electron chi connectivity index (χ4n) is 2.40. The molecule has 0 bridgehead atoms. The minimum atomic E-state index is -3.79. The van der Waals surface area contributed by atoms with Crippen molar-refractivity contribution in [1.29, 1.82) is 0 Å². The van der Waals surface area contributed by atoms with Crippen LogP contribution in [0.1, 0.15) is 27.2 Å². The normalized spacial score (nSPS) is 11.3. The number of rotatable bonds is 6. The Labute approximate surface area is 157 Å². The zero-order valence-corrected chi connectivity index (χ0v) is 15.7. The molecular weight excluding hydrogens is 366 g/mol. The predicted molar refractivity (Wildman–Crippen MR) is 101 cm³/mol. The number of aryl methyl sites for hydroxylation is 2. The number of nitrogens with zero attached hydrogens (tertiary/aromatic N) is 1. The second kappa shape index (κ2) is 7.73. The predicted octanol–water partition coefficient (Wildman–Crippen LogP) is 3.02. The van der Waals surface area contributed by atoms with Crippen LogP contribution in [0.3, 0.4) is 0 Å². The molecule has 0 aliphatic heterocycles. The van der Waals surface area contributed by atoms with Crippen LogP contribution in [0.2, 0.25) is 0 Å². The highest BCUT2D eigenvalue weighted by Gasteiger charge is 2.18. The summed E-state index contributed by atoms with van der Waals surface area (Å²) >= 11 is 0. The average Bonchev–Trinajstić information content (AvgIpc) is 3.16. The van der Waals surface area contributed by atoms with E-state index in [1.165, 1.54) is 18.4 Å². The first-order valence-electron chi connectivity index (χ1n) is 8.22. The Kier molecular flexibility index (Phi) is 5.38. The summed E-state index contributed by atoms with van der Waals surface area (Å²) in [7, 11) is -3.79. The van der Waals surface area contributed by atoms with E-state index in [0.29, 0.717) is 17.1 Å². The molecule has 7 nitrogen and oxygen atoms in total. The van der Waals surface area contributed by atoms with Crippen LogP contribution in [0.4, 0.5) is 5.82 Å². The summed E-state index contributed by atoms with van der Waals surface area (Å²) in [6, 6.07) is 11.3. The van der Waals surface area contributed by atoms with Crippen molar-refractivity contribution in [3.05, 3.63) is 77.4 Å². The monoisotopic (exact) mass is 385 g/mol. The highest BCUT2D eigenvalue weighted by Crippen LogP contribution is 2.18. The summed E-state index contributed by atoms with van der Waals surface area (Å²) in [4.78, 5) is 16.7. The maximum absolute atomic E-state index is 12.6. The van der Waals surface area contributed by atoms with Gasteiger partial charge in [0.1, 0.15) is 11.6 Å². The number of hydrogen-bond acceptors (Lipinski definition) is 5. The van der Waals surface area contributed by atoms with Gasteiger partial charge >= 0.3 is 0 Å². The molecule has 0 saturated carbocycles. The van der Waals surface area contributed by atoms with Crippen LogP contribution < -0.4 is 10.0 Å². The van der Waals surface area contributed by atoms with E-state index in [-0.39, 0.29) is 17.0 Å². The number of nitrogens with one attached hydrogen (secondary N) is 2. The van der Waals surface area contributed by atoms with E-state index in [9.17, 15) is 13.2 Å². The van der Waals surface area contributed by atoms with Gasteiger partial charge in [-0.15, -0.1) is 0 Å². The zero-order valence-electron chi connectivity index (χ0n) is 14.9. The summed E-state index contributed by atoms with van der Waals surface area (Å²) in [5.74, 6) is 0.468. The fraction of sp³-hybridized carbons (Fsp3) is 0.158. The zero-order chi connectivity index (χ0) is 19.4. The van der Waals surface area contributed by atoms with Crippen LogP contribution in [-0.4, -0.2) is 19.3 Å². The van der Waals surface area contributed by atoms with Gasteiger partial charge in [-0.05, 0) is 55.3 Å². The molecule has 0 aliphatic rings. The molecule has 27 heavy (non-hydrogen) atoms. The third-order valence-electron chi connectivity index (χ3n) is 3.93. The van der Waals surface area contributed by atoms with Gasteiger partial charge in [0.15, 0.2) is 0 Å². The standard InChI is InChI=1S/C19H19N3O4S/c1-13-5-8-18(20-11-13)22-19(23)17-10-16(7-6-14(17)2)27(24,25)21-12-15-4-3-9-26-15/h3-11,21H,12H2,1-2H3,(H,20,22,23). The number of furan rings is 1. The van der Waals surface area contributed by atoms with Gasteiger partial charge in [-0.1, -0.05) is 12.1 Å². The molecule has 2 N–H and O–H groups in total. The number of pyridine rings is 1. The first-order chi connectivity index (χ1) is 12.8. The van der Waals surface area contributed by atoms with Crippen molar-refractivity contribution in [1.82, 2.24) is 9.71 Å². The number of sulfonamides is 1. The Morgan fingerprint density at radius 2 is 1.96 bits per heavy atom. The molecule has 1 aromatic carbocycles. The van der Waals surface area contributed by atoms with E-state index in [1.54, 1.807) is 37.4 Å². The number of hydrogen-bond donors (Lipinski definition) is 2. The molecule has 0 saturated heterocycles. The van der Waals surface area contributed by atoms with Gasteiger partial charge in [0.05, 0.1) is 17.7 Å². The van der Waals surface area contributed by atoms with E-state index < -0.39 is 15.9 Å². The molecule has 3 rings (SSSR count). The highest BCUT2D eigenvalue weighted by molar-refractivity contribution is 7.89. The molecule has 0 spiro atoms. The molecule has 2 aromatic heterocycles. The Balaban J connectivity index is 1.80. The van der Waals surface area contributed by atoms with E-state index in [4.69, 9.17) is 4.42 Å². The van der Waals surface area contributed by atoms with Gasteiger partial charge in [0.25, 0.3) is 5.91 Å². The van der Waals surface area contributed by atoms with Crippen molar-refractivity contribution in [3.8, 4) is 0 Å². The van der Waals surface area contributed by atoms with Crippen molar-refractivity contribution in [2.45, 2.75) is 25.3 Å². The number of carbonyl (C=O) groups is 1. The van der Waals surface area contributed by atoms with E-state index in [1.807, 2.05) is 13.0 Å². The summed E-state index contributed by atoms with van der Waals surface area (Å²) in [5, 5.41) is 2.68. The lowest BCUT2D eigenvalue weighted by Gasteiger charge is -2.11. The number of amides is 1. The molecule has 2 heterocycles. The SMILES string of the molecule is Cc1ccc(NC(=O)c2cc(S(=O)(=O)NCc3ccco3)ccc2C)nc1. The van der Waals surface area contributed by atoms with Crippen molar-refractivity contribution in [3.63, 3.8) is 0 Å². The van der Waals surface area contributed by atoms with Crippen LogP contribution >= 0.6 is 0 Å². The van der Waals surface area contributed by atoms with E-state index in [0.717, 1.165) is 5.56 Å².